The van der Waals surface area contributed by atoms with E-state index in [1.54, 1.807) is 24.3 Å². The minimum atomic E-state index is -3.44. The predicted molar refractivity (Wildman–Crippen MR) is 82.0 cm³/mol. The molecule has 0 saturated heterocycles. The Morgan fingerprint density at radius 3 is 2.57 bits per heavy atom. The molecule has 4 heteroatoms. The number of sulfone groups is 1. The summed E-state index contributed by atoms with van der Waals surface area (Å²) in [7, 11) is -3.44. The SMILES string of the molecule is Cc1cccc(/C=C2/CS(=O)(=O)c3ccccc3C2=O)c1. The fourth-order valence-electron chi connectivity index (χ4n) is 2.51. The molecule has 21 heavy (non-hydrogen) atoms. The molecule has 0 aromatic heterocycles. The van der Waals surface area contributed by atoms with Crippen molar-refractivity contribution in [1.29, 1.82) is 0 Å². The number of ketones is 1. The summed E-state index contributed by atoms with van der Waals surface area (Å²) in [6.45, 7) is 1.96. The molecule has 3 rings (SSSR count). The lowest BCUT2D eigenvalue weighted by atomic mass is 10.0. The summed E-state index contributed by atoms with van der Waals surface area (Å²) in [4.78, 5) is 12.6. The average Bonchev–Trinajstić information content (AvgIpc) is 2.44. The van der Waals surface area contributed by atoms with Crippen molar-refractivity contribution in [3.63, 3.8) is 0 Å². The molecule has 0 aliphatic carbocycles. The van der Waals surface area contributed by atoms with Crippen molar-refractivity contribution in [3.05, 3.63) is 70.8 Å². The molecule has 0 N–H and O–H groups in total. The first-order chi connectivity index (χ1) is 9.97. The summed E-state index contributed by atoms with van der Waals surface area (Å²) in [5.41, 5.74) is 2.49. The zero-order chi connectivity index (χ0) is 15.0. The molecule has 2 aromatic rings. The largest absolute Gasteiger partial charge is 0.289 e. The third-order valence-electron chi connectivity index (χ3n) is 3.49. The van der Waals surface area contributed by atoms with E-state index in [9.17, 15) is 13.2 Å². The van der Waals surface area contributed by atoms with Crippen LogP contribution < -0.4 is 0 Å². The van der Waals surface area contributed by atoms with Crippen LogP contribution in [0.3, 0.4) is 0 Å². The Morgan fingerprint density at radius 2 is 1.81 bits per heavy atom. The van der Waals surface area contributed by atoms with Gasteiger partial charge in [0.15, 0.2) is 15.6 Å². The van der Waals surface area contributed by atoms with Crippen molar-refractivity contribution in [1.82, 2.24) is 0 Å². The van der Waals surface area contributed by atoms with Crippen molar-refractivity contribution in [2.45, 2.75) is 11.8 Å². The smallest absolute Gasteiger partial charge is 0.191 e. The van der Waals surface area contributed by atoms with Gasteiger partial charge in [0, 0.05) is 11.1 Å². The maximum absolute atomic E-state index is 12.5. The Labute approximate surface area is 123 Å². The molecule has 0 saturated carbocycles. The Balaban J connectivity index is 2.13. The topological polar surface area (TPSA) is 51.2 Å². The lowest BCUT2D eigenvalue weighted by Gasteiger charge is -2.17. The van der Waals surface area contributed by atoms with Crippen LogP contribution in [0.25, 0.3) is 6.08 Å². The quantitative estimate of drug-likeness (QED) is 0.760. The number of carbonyl (C=O) groups excluding carboxylic acids is 1. The molecule has 0 bridgehead atoms. The van der Waals surface area contributed by atoms with Crippen LogP contribution in [0.4, 0.5) is 0 Å². The van der Waals surface area contributed by atoms with Gasteiger partial charge in [-0.15, -0.1) is 0 Å². The molecule has 0 atom stereocenters. The van der Waals surface area contributed by atoms with E-state index in [-0.39, 0.29) is 22.0 Å². The van der Waals surface area contributed by atoms with E-state index in [2.05, 4.69) is 0 Å². The highest BCUT2D eigenvalue weighted by Crippen LogP contribution is 2.28. The fourth-order valence-corrected chi connectivity index (χ4v) is 4.08. The minimum Gasteiger partial charge on any atom is -0.289 e. The fraction of sp³-hybridized carbons (Fsp3) is 0.118. The number of rotatable bonds is 1. The van der Waals surface area contributed by atoms with Gasteiger partial charge in [0.1, 0.15) is 0 Å². The van der Waals surface area contributed by atoms with E-state index in [1.807, 2.05) is 31.2 Å². The normalized spacial score (nSPS) is 18.5. The molecule has 0 radical (unpaired) electrons. The van der Waals surface area contributed by atoms with Gasteiger partial charge in [0.25, 0.3) is 0 Å². The van der Waals surface area contributed by atoms with Crippen LogP contribution in [0.5, 0.6) is 0 Å². The molecule has 1 heterocycles. The van der Waals surface area contributed by atoms with Gasteiger partial charge in [-0.3, -0.25) is 4.79 Å². The summed E-state index contributed by atoms with van der Waals surface area (Å²) in [5.74, 6) is -0.446. The number of aryl methyl sites for hydroxylation is 1. The Hall–Kier alpha value is -2.20. The van der Waals surface area contributed by atoms with Gasteiger partial charge in [-0.2, -0.15) is 0 Å². The minimum absolute atomic E-state index is 0.136. The maximum Gasteiger partial charge on any atom is 0.191 e. The highest BCUT2D eigenvalue weighted by molar-refractivity contribution is 7.91. The summed E-state index contributed by atoms with van der Waals surface area (Å²) in [6, 6.07) is 14.0. The summed E-state index contributed by atoms with van der Waals surface area (Å²) in [6.07, 6.45) is 1.67. The van der Waals surface area contributed by atoms with Gasteiger partial charge < -0.3 is 0 Å². The van der Waals surface area contributed by atoms with Gasteiger partial charge in [-0.25, -0.2) is 8.42 Å². The number of hydrogen-bond acceptors (Lipinski definition) is 3. The Bertz CT molecular complexity index is 861. The average molecular weight is 298 g/mol. The number of hydrogen-bond donors (Lipinski definition) is 0. The van der Waals surface area contributed by atoms with Crippen molar-refractivity contribution in [3.8, 4) is 0 Å². The number of carbonyl (C=O) groups is 1. The van der Waals surface area contributed by atoms with E-state index in [0.29, 0.717) is 5.57 Å². The van der Waals surface area contributed by atoms with Gasteiger partial charge in [0.2, 0.25) is 0 Å². The van der Waals surface area contributed by atoms with Crippen LogP contribution in [-0.4, -0.2) is 20.0 Å². The number of fused-ring (bicyclic) bond motifs is 1. The van der Waals surface area contributed by atoms with E-state index < -0.39 is 9.84 Å². The molecule has 2 aromatic carbocycles. The lowest BCUT2D eigenvalue weighted by Crippen LogP contribution is -2.24. The molecule has 1 aliphatic heterocycles. The van der Waals surface area contributed by atoms with Crippen LogP contribution >= 0.6 is 0 Å². The van der Waals surface area contributed by atoms with Crippen LogP contribution in [-0.2, 0) is 9.84 Å². The molecule has 0 amide bonds. The summed E-state index contributed by atoms with van der Waals surface area (Å²) in [5, 5.41) is 0. The van der Waals surface area contributed by atoms with E-state index in [4.69, 9.17) is 0 Å². The first kappa shape index (κ1) is 13.8. The van der Waals surface area contributed by atoms with Crippen molar-refractivity contribution in [2.75, 3.05) is 5.75 Å². The Morgan fingerprint density at radius 1 is 1.05 bits per heavy atom. The molecule has 0 unspecified atom stereocenters. The maximum atomic E-state index is 12.5. The van der Waals surface area contributed by atoms with Gasteiger partial charge in [-0.1, -0.05) is 42.0 Å². The number of Topliss-reactive ketones (excluding diaryl/α,β-unsaturated/α-hetero) is 1. The molecular weight excluding hydrogens is 284 g/mol. The van der Waals surface area contributed by atoms with Crippen molar-refractivity contribution < 1.29 is 13.2 Å². The molecule has 0 fully saturated rings. The second-order valence-electron chi connectivity index (χ2n) is 5.17. The molecule has 106 valence electrons. The zero-order valence-electron chi connectivity index (χ0n) is 11.5. The standard InChI is InChI=1S/C17H14O3S/c1-12-5-4-6-13(9-12)10-14-11-21(19,20)16-8-3-2-7-15(16)17(14)18/h2-10H,11H2,1H3/b14-10-. The van der Waals surface area contributed by atoms with E-state index >= 15 is 0 Å². The van der Waals surface area contributed by atoms with Gasteiger partial charge >= 0.3 is 0 Å². The monoisotopic (exact) mass is 298 g/mol. The van der Waals surface area contributed by atoms with Crippen molar-refractivity contribution in [2.24, 2.45) is 0 Å². The molecule has 0 spiro atoms. The first-order valence-corrected chi connectivity index (χ1v) is 8.26. The lowest BCUT2D eigenvalue weighted by molar-refractivity contribution is 0.103. The third-order valence-corrected chi connectivity index (χ3v) is 5.20. The molecule has 1 aliphatic rings. The highest BCUT2D eigenvalue weighted by Gasteiger charge is 2.32. The first-order valence-electron chi connectivity index (χ1n) is 6.61. The summed E-state index contributed by atoms with van der Waals surface area (Å²) < 4.78 is 24.6. The predicted octanol–water partition coefficient (Wildman–Crippen LogP) is 3.05. The molecular formula is C17H14O3S. The van der Waals surface area contributed by atoms with Crippen LogP contribution in [0.1, 0.15) is 21.5 Å². The van der Waals surface area contributed by atoms with Crippen LogP contribution in [0, 0.1) is 6.92 Å². The van der Waals surface area contributed by atoms with Gasteiger partial charge in [0.05, 0.1) is 10.6 Å². The van der Waals surface area contributed by atoms with E-state index in [0.717, 1.165) is 11.1 Å². The third kappa shape index (κ3) is 2.54. The van der Waals surface area contributed by atoms with Crippen LogP contribution in [0.2, 0.25) is 0 Å². The van der Waals surface area contributed by atoms with Gasteiger partial charge in [-0.05, 0) is 30.7 Å². The van der Waals surface area contributed by atoms with E-state index in [1.165, 1.54) is 6.07 Å². The number of benzene rings is 2. The zero-order valence-corrected chi connectivity index (χ0v) is 12.4. The van der Waals surface area contributed by atoms with Crippen molar-refractivity contribution >= 4 is 21.7 Å². The molecule has 3 nitrogen and oxygen atoms in total. The second kappa shape index (κ2) is 4.97. The highest BCUT2D eigenvalue weighted by atomic mass is 32.2. The summed E-state index contributed by atoms with van der Waals surface area (Å²) >= 11 is 0. The second-order valence-corrected chi connectivity index (χ2v) is 7.13. The Kier molecular flexibility index (Phi) is 3.26. The van der Waals surface area contributed by atoms with Crippen LogP contribution in [0.15, 0.2) is 59.0 Å².